The van der Waals surface area contributed by atoms with Crippen molar-refractivity contribution in [2.45, 2.75) is 33.0 Å². The van der Waals surface area contributed by atoms with E-state index >= 15 is 0 Å². The van der Waals surface area contributed by atoms with Crippen LogP contribution in [0.4, 0.5) is 4.39 Å². The Bertz CT molecular complexity index is 664. The molecule has 2 rings (SSSR count). The number of nitriles is 1. The van der Waals surface area contributed by atoms with Gasteiger partial charge in [0.1, 0.15) is 18.5 Å². The monoisotopic (exact) mass is 284 g/mol. The Balaban J connectivity index is 2.25. The summed E-state index contributed by atoms with van der Waals surface area (Å²) < 4.78 is 18.8. The molecular weight excluding hydrogens is 267 g/mol. The Morgan fingerprint density at radius 2 is 2.14 bits per heavy atom. The van der Waals surface area contributed by atoms with Gasteiger partial charge in [0.2, 0.25) is 0 Å². The van der Waals surface area contributed by atoms with Crippen molar-refractivity contribution in [3.63, 3.8) is 0 Å². The van der Waals surface area contributed by atoms with Crippen LogP contribution in [0.25, 0.3) is 0 Å². The fraction of sp³-hybridized carbons (Fsp3) is 0.294. The molecule has 0 fully saturated rings. The van der Waals surface area contributed by atoms with Gasteiger partial charge >= 0.3 is 0 Å². The van der Waals surface area contributed by atoms with E-state index in [1.165, 1.54) is 0 Å². The van der Waals surface area contributed by atoms with E-state index in [0.29, 0.717) is 16.9 Å². The molecule has 1 unspecified atom stereocenters. The average Bonchev–Trinajstić information content (AvgIpc) is 2.52. The third-order valence-electron chi connectivity index (χ3n) is 3.23. The van der Waals surface area contributed by atoms with Crippen LogP contribution >= 0.6 is 0 Å². The summed E-state index contributed by atoms with van der Waals surface area (Å²) in [6.07, 6.45) is 0.562. The number of ether oxygens (including phenoxy) is 1. The molecule has 108 valence electrons. The zero-order chi connectivity index (χ0) is 15.2. The van der Waals surface area contributed by atoms with Gasteiger partial charge in [0, 0.05) is 11.3 Å². The Kier molecular flexibility index (Phi) is 4.89. The number of aromatic nitrogens is 1. The molecule has 0 aliphatic heterocycles. The lowest BCUT2D eigenvalue weighted by molar-refractivity contribution is 0.196. The van der Waals surface area contributed by atoms with Crippen molar-refractivity contribution in [1.29, 1.82) is 5.26 Å². The highest BCUT2D eigenvalue weighted by atomic mass is 19.1. The van der Waals surface area contributed by atoms with Crippen LogP contribution in [0.1, 0.15) is 42.0 Å². The summed E-state index contributed by atoms with van der Waals surface area (Å²) in [6.45, 7) is 3.26. The fourth-order valence-corrected chi connectivity index (χ4v) is 2.12. The van der Waals surface area contributed by atoms with E-state index < -0.39 is 6.67 Å². The van der Waals surface area contributed by atoms with Gasteiger partial charge in [0.05, 0.1) is 17.3 Å². The predicted octanol–water partition coefficient (Wildman–Crippen LogP) is 4.26. The quantitative estimate of drug-likeness (QED) is 0.824. The average molecular weight is 284 g/mol. The third-order valence-corrected chi connectivity index (χ3v) is 3.23. The minimum atomic E-state index is -0.681. The van der Waals surface area contributed by atoms with E-state index in [-0.39, 0.29) is 6.10 Å². The number of nitrogens with zero attached hydrogens (tertiary/aromatic N) is 2. The van der Waals surface area contributed by atoms with Crippen molar-refractivity contribution < 1.29 is 9.13 Å². The van der Waals surface area contributed by atoms with Gasteiger partial charge in [0.15, 0.2) is 0 Å². The number of aryl methyl sites for hydroxylation is 1. The van der Waals surface area contributed by atoms with Crippen LogP contribution in [0.3, 0.4) is 0 Å². The summed E-state index contributed by atoms with van der Waals surface area (Å²) in [6, 6.07) is 12.6. The van der Waals surface area contributed by atoms with Crippen molar-refractivity contribution in [1.82, 2.24) is 4.98 Å². The van der Waals surface area contributed by atoms with E-state index in [9.17, 15) is 4.39 Å². The number of pyridine rings is 1. The summed E-state index contributed by atoms with van der Waals surface area (Å²) in [7, 11) is 0. The maximum atomic E-state index is 12.9. The summed E-state index contributed by atoms with van der Waals surface area (Å²) in [4.78, 5) is 4.47. The van der Waals surface area contributed by atoms with E-state index in [1.807, 2.05) is 38.1 Å². The second kappa shape index (κ2) is 6.85. The second-order valence-corrected chi connectivity index (χ2v) is 4.78. The highest BCUT2D eigenvalue weighted by Crippen LogP contribution is 2.26. The maximum Gasteiger partial charge on any atom is 0.140 e. The molecular formula is C17H17FN2O. The van der Waals surface area contributed by atoms with Crippen LogP contribution in [0.5, 0.6) is 5.75 Å². The largest absolute Gasteiger partial charge is 0.484 e. The first-order valence-corrected chi connectivity index (χ1v) is 6.87. The van der Waals surface area contributed by atoms with Gasteiger partial charge in [-0.2, -0.15) is 5.26 Å². The minimum absolute atomic E-state index is 0.190. The molecule has 1 heterocycles. The molecule has 1 aromatic carbocycles. The summed E-state index contributed by atoms with van der Waals surface area (Å²) >= 11 is 0. The smallest absolute Gasteiger partial charge is 0.140 e. The van der Waals surface area contributed by atoms with Gasteiger partial charge in [-0.1, -0.05) is 13.0 Å². The van der Waals surface area contributed by atoms with Crippen molar-refractivity contribution in [2.24, 2.45) is 0 Å². The minimum Gasteiger partial charge on any atom is -0.484 e. The zero-order valence-corrected chi connectivity index (χ0v) is 12.1. The molecule has 0 N–H and O–H groups in total. The van der Waals surface area contributed by atoms with Gasteiger partial charge in [-0.3, -0.25) is 4.98 Å². The van der Waals surface area contributed by atoms with Gasteiger partial charge in [-0.25, -0.2) is 4.39 Å². The van der Waals surface area contributed by atoms with E-state index in [0.717, 1.165) is 17.8 Å². The molecule has 0 aliphatic rings. The second-order valence-electron chi connectivity index (χ2n) is 4.78. The molecule has 0 radical (unpaired) electrons. The van der Waals surface area contributed by atoms with Crippen LogP contribution in [0, 0.1) is 18.3 Å². The van der Waals surface area contributed by atoms with Crippen LogP contribution in [0.2, 0.25) is 0 Å². The molecule has 4 heteroatoms. The highest BCUT2D eigenvalue weighted by Gasteiger charge is 2.14. The van der Waals surface area contributed by atoms with E-state index in [4.69, 9.17) is 10.00 Å². The fourth-order valence-electron chi connectivity index (χ4n) is 2.12. The molecule has 1 aromatic heterocycles. The SMILES string of the molecule is CCC(Oc1ccc(C#N)c(CF)c1)c1cccc(C)n1. The first kappa shape index (κ1) is 15.0. The number of hydrogen-bond donors (Lipinski definition) is 0. The number of benzene rings is 1. The normalized spacial score (nSPS) is 11.7. The van der Waals surface area contributed by atoms with Crippen LogP contribution in [-0.2, 0) is 6.67 Å². The van der Waals surface area contributed by atoms with Crippen LogP contribution < -0.4 is 4.74 Å². The van der Waals surface area contributed by atoms with Crippen molar-refractivity contribution >= 4 is 0 Å². The highest BCUT2D eigenvalue weighted by molar-refractivity contribution is 5.42. The van der Waals surface area contributed by atoms with E-state index in [2.05, 4.69) is 4.98 Å². The number of alkyl halides is 1. The Morgan fingerprint density at radius 3 is 2.76 bits per heavy atom. The van der Waals surface area contributed by atoms with Gasteiger partial charge in [-0.15, -0.1) is 0 Å². The lowest BCUT2D eigenvalue weighted by Crippen LogP contribution is -2.09. The standard InChI is InChI=1S/C17H17FN2O/c1-3-17(16-6-4-5-12(2)20-16)21-15-8-7-13(11-19)14(9-15)10-18/h4-9,17H,3,10H2,1-2H3. The molecule has 3 nitrogen and oxygen atoms in total. The molecule has 0 aliphatic carbocycles. The first-order chi connectivity index (χ1) is 10.2. The first-order valence-electron chi connectivity index (χ1n) is 6.87. The van der Waals surface area contributed by atoms with Crippen molar-refractivity contribution in [2.75, 3.05) is 0 Å². The summed E-state index contributed by atoms with van der Waals surface area (Å²) in [5.74, 6) is 0.553. The molecule has 2 aromatic rings. The molecule has 0 amide bonds. The molecule has 0 saturated carbocycles. The van der Waals surface area contributed by atoms with Gasteiger partial charge in [0.25, 0.3) is 0 Å². The summed E-state index contributed by atoms with van der Waals surface area (Å²) in [5.41, 5.74) is 2.47. The molecule has 1 atom stereocenters. The van der Waals surface area contributed by atoms with Crippen LogP contribution in [0.15, 0.2) is 36.4 Å². The van der Waals surface area contributed by atoms with Gasteiger partial charge < -0.3 is 4.74 Å². The lowest BCUT2D eigenvalue weighted by Gasteiger charge is -2.18. The van der Waals surface area contributed by atoms with Gasteiger partial charge in [-0.05, 0) is 43.7 Å². The van der Waals surface area contributed by atoms with E-state index in [1.54, 1.807) is 18.2 Å². The maximum absolute atomic E-state index is 12.9. The Morgan fingerprint density at radius 1 is 1.33 bits per heavy atom. The number of hydrogen-bond acceptors (Lipinski definition) is 3. The number of rotatable bonds is 5. The van der Waals surface area contributed by atoms with Crippen molar-refractivity contribution in [3.8, 4) is 11.8 Å². The molecule has 0 saturated heterocycles. The lowest BCUT2D eigenvalue weighted by atomic mass is 10.1. The molecule has 0 spiro atoms. The summed E-state index contributed by atoms with van der Waals surface area (Å²) in [5, 5.41) is 8.91. The molecule has 0 bridgehead atoms. The van der Waals surface area contributed by atoms with Crippen LogP contribution in [-0.4, -0.2) is 4.98 Å². The zero-order valence-electron chi connectivity index (χ0n) is 12.1. The Hall–Kier alpha value is -2.41. The topological polar surface area (TPSA) is 45.9 Å². The molecule has 21 heavy (non-hydrogen) atoms. The third kappa shape index (κ3) is 3.57. The van der Waals surface area contributed by atoms with Crippen molar-refractivity contribution in [3.05, 3.63) is 58.9 Å². The Labute approximate surface area is 124 Å². The predicted molar refractivity (Wildman–Crippen MR) is 78.6 cm³/mol. The number of halogens is 1.